The summed E-state index contributed by atoms with van der Waals surface area (Å²) in [5.41, 5.74) is -0.824. The Balaban J connectivity index is 0.000000439. The average Bonchev–Trinajstić information content (AvgIpc) is 2.72. The third kappa shape index (κ3) is 12.6. The molecule has 0 amide bonds. The van der Waals surface area contributed by atoms with Crippen LogP contribution in [0.5, 0.6) is 23.0 Å². The van der Waals surface area contributed by atoms with Crippen molar-refractivity contribution in [1.82, 2.24) is 0 Å². The van der Waals surface area contributed by atoms with Gasteiger partial charge in [-0.3, -0.25) is 0 Å². The minimum absolute atomic E-state index is 0.149. The van der Waals surface area contributed by atoms with Crippen molar-refractivity contribution in [2.75, 3.05) is 0 Å². The van der Waals surface area contributed by atoms with Gasteiger partial charge in [0.15, 0.2) is 0 Å². The molecule has 2 rings (SSSR count). The van der Waals surface area contributed by atoms with Gasteiger partial charge in [0.25, 0.3) is 0 Å². The van der Waals surface area contributed by atoms with E-state index in [1.54, 1.807) is 8.87 Å². The van der Waals surface area contributed by atoms with E-state index in [-0.39, 0.29) is 32.6 Å². The Labute approximate surface area is 192 Å². The third-order valence-corrected chi connectivity index (χ3v) is 7.84. The maximum absolute atomic E-state index is 10.7. The van der Waals surface area contributed by atoms with Gasteiger partial charge >= 0.3 is 81.5 Å². The summed E-state index contributed by atoms with van der Waals surface area (Å²) in [6.07, 6.45) is 5.84. The van der Waals surface area contributed by atoms with Crippen LogP contribution in [0, 0.1) is 0 Å². The SMILES string of the molecule is CCC[CH2][Sn+2][CH2]CCC.O=C(O)c1cc(O)ccc1[O-].O=C(O)c1cc(O)ccc1[O-]. The summed E-state index contributed by atoms with van der Waals surface area (Å²) in [4.78, 5) is 20.5. The molecule has 0 atom stereocenters. The van der Waals surface area contributed by atoms with Crippen LogP contribution in [0.1, 0.15) is 60.2 Å². The number of carboxylic acids is 2. The van der Waals surface area contributed by atoms with Gasteiger partial charge in [-0.1, -0.05) is 23.6 Å². The van der Waals surface area contributed by atoms with Crippen molar-refractivity contribution in [1.29, 1.82) is 0 Å². The minimum Gasteiger partial charge on any atom is -0.872 e. The van der Waals surface area contributed by atoms with Gasteiger partial charge in [0, 0.05) is 0 Å². The van der Waals surface area contributed by atoms with Gasteiger partial charge in [-0.2, -0.15) is 0 Å². The molecule has 2 aromatic carbocycles. The van der Waals surface area contributed by atoms with Gasteiger partial charge < -0.3 is 30.6 Å². The van der Waals surface area contributed by atoms with Crippen LogP contribution in [-0.2, 0) is 0 Å². The molecule has 0 aliphatic rings. The van der Waals surface area contributed by atoms with Crippen LogP contribution >= 0.6 is 0 Å². The molecule has 4 N–H and O–H groups in total. The molecule has 0 radical (unpaired) electrons. The average molecular weight is 539 g/mol. The fraction of sp³-hybridized carbons (Fsp3) is 0.364. The Kier molecular flexibility index (Phi) is 14.8. The van der Waals surface area contributed by atoms with E-state index in [0.717, 1.165) is 36.4 Å². The van der Waals surface area contributed by atoms with Crippen LogP contribution in [-0.4, -0.2) is 53.5 Å². The third-order valence-electron chi connectivity index (χ3n) is 3.80. The number of hydrogen-bond donors (Lipinski definition) is 4. The Hall–Kier alpha value is -2.62. The number of hydrogen-bond acceptors (Lipinski definition) is 6. The van der Waals surface area contributed by atoms with E-state index < -0.39 is 34.6 Å². The molecule has 168 valence electrons. The summed E-state index contributed by atoms with van der Waals surface area (Å²) in [6.45, 7) is 4.58. The second-order valence-electron chi connectivity index (χ2n) is 6.43. The van der Waals surface area contributed by atoms with Gasteiger partial charge in [0.05, 0.1) is 11.1 Å². The first kappa shape index (κ1) is 28.4. The quantitative estimate of drug-likeness (QED) is 0.293. The fourth-order valence-corrected chi connectivity index (χ4v) is 6.26. The summed E-state index contributed by atoms with van der Waals surface area (Å²) in [7, 11) is 0. The molecule has 9 heteroatoms. The van der Waals surface area contributed by atoms with E-state index >= 15 is 0 Å². The second kappa shape index (κ2) is 16.1. The number of aromatic carboxylic acids is 2. The van der Waals surface area contributed by atoms with Gasteiger partial charge in [-0.15, -0.1) is 0 Å². The van der Waals surface area contributed by atoms with Crippen LogP contribution < -0.4 is 10.2 Å². The van der Waals surface area contributed by atoms with E-state index in [1.807, 2.05) is 0 Å². The number of carboxylic acid groups (broad SMARTS) is 2. The normalized spacial score (nSPS) is 9.35. The number of unbranched alkanes of at least 4 members (excludes halogenated alkanes) is 2. The summed E-state index contributed by atoms with van der Waals surface area (Å²) in [5, 5.41) is 55.8. The first-order valence-electron chi connectivity index (χ1n) is 9.81. The molecule has 2 aromatic rings. The van der Waals surface area contributed by atoms with Crippen molar-refractivity contribution in [3.05, 3.63) is 47.5 Å². The summed E-state index contributed by atoms with van der Waals surface area (Å²) >= 11 is 0.149. The number of carbonyl (C=O) groups is 2. The van der Waals surface area contributed by atoms with Crippen molar-refractivity contribution in [3.8, 4) is 23.0 Å². The maximum atomic E-state index is 10.7. The standard InChI is InChI=1S/2C7H6O4.2C4H9.Sn/c2*8-4-1-2-6(9)5(3-4)7(10)11;2*1-3-4-2;/h2*1-3,8-9H,(H,10,11);2*1,3-4H2,2H3;/q;;;;+2/p-2. The maximum Gasteiger partial charge on any atom is 0.335 e. The molecule has 0 saturated carbocycles. The van der Waals surface area contributed by atoms with Crippen LogP contribution in [0.15, 0.2) is 36.4 Å². The van der Waals surface area contributed by atoms with Crippen LogP contribution in [0.4, 0.5) is 0 Å². The predicted octanol–water partition coefficient (Wildman–Crippen LogP) is 3.46. The number of rotatable bonds is 8. The number of phenols is 2. The molecule has 0 fully saturated rings. The van der Waals surface area contributed by atoms with E-state index in [1.165, 1.54) is 25.7 Å². The van der Waals surface area contributed by atoms with Crippen molar-refractivity contribution in [2.45, 2.75) is 48.4 Å². The molecule has 0 saturated heterocycles. The molecule has 0 spiro atoms. The molecule has 8 nitrogen and oxygen atoms in total. The largest absolute Gasteiger partial charge is 0.872 e. The van der Waals surface area contributed by atoms with Crippen molar-refractivity contribution >= 4 is 33.1 Å². The summed E-state index contributed by atoms with van der Waals surface area (Å²) < 4.78 is 3.25. The molecule has 0 aliphatic carbocycles. The molecular weight excluding hydrogens is 511 g/mol. The first-order chi connectivity index (χ1) is 14.6. The molecule has 0 aliphatic heterocycles. The number of aromatic hydroxyl groups is 2. The Morgan fingerprint density at radius 1 is 0.774 bits per heavy atom. The fourth-order valence-electron chi connectivity index (χ4n) is 2.10. The van der Waals surface area contributed by atoms with Crippen LogP contribution in [0.2, 0.25) is 8.87 Å². The van der Waals surface area contributed by atoms with E-state index in [4.69, 9.17) is 20.4 Å². The summed E-state index contributed by atoms with van der Waals surface area (Å²) in [5.74, 6) is -4.30. The Morgan fingerprint density at radius 2 is 1.13 bits per heavy atom. The number of phenolic OH excluding ortho intramolecular Hbond substituents is 2. The van der Waals surface area contributed by atoms with E-state index in [2.05, 4.69) is 13.8 Å². The Morgan fingerprint density at radius 3 is 1.39 bits per heavy atom. The van der Waals surface area contributed by atoms with E-state index in [9.17, 15) is 19.8 Å². The van der Waals surface area contributed by atoms with Gasteiger partial charge in [0.1, 0.15) is 11.5 Å². The van der Waals surface area contributed by atoms with Crippen molar-refractivity contribution in [3.63, 3.8) is 0 Å². The second-order valence-corrected chi connectivity index (χ2v) is 10.7. The molecule has 0 heterocycles. The number of benzene rings is 2. The van der Waals surface area contributed by atoms with E-state index in [0.29, 0.717) is 0 Å². The van der Waals surface area contributed by atoms with Crippen LogP contribution in [0.3, 0.4) is 0 Å². The first-order valence-corrected chi connectivity index (χ1v) is 13.8. The zero-order chi connectivity index (χ0) is 23.8. The molecular formula is C22H28O8Sn. The zero-order valence-electron chi connectivity index (χ0n) is 17.6. The van der Waals surface area contributed by atoms with Crippen LogP contribution in [0.25, 0.3) is 0 Å². The van der Waals surface area contributed by atoms with Gasteiger partial charge in [-0.05, 0) is 24.3 Å². The topological polar surface area (TPSA) is 161 Å². The smallest absolute Gasteiger partial charge is 0.335 e. The minimum atomic E-state index is -1.33. The molecule has 0 aromatic heterocycles. The van der Waals surface area contributed by atoms with Crippen molar-refractivity contribution in [2.24, 2.45) is 0 Å². The Bertz CT molecular complexity index is 756. The molecule has 0 bridgehead atoms. The zero-order valence-corrected chi connectivity index (χ0v) is 20.5. The summed E-state index contributed by atoms with van der Waals surface area (Å²) in [6, 6.07) is 6.16. The van der Waals surface area contributed by atoms with Crippen molar-refractivity contribution < 1.29 is 40.2 Å². The molecule has 0 unspecified atom stereocenters. The van der Waals surface area contributed by atoms with Gasteiger partial charge in [-0.25, -0.2) is 9.59 Å². The monoisotopic (exact) mass is 540 g/mol. The predicted molar refractivity (Wildman–Crippen MR) is 114 cm³/mol. The molecule has 31 heavy (non-hydrogen) atoms. The van der Waals surface area contributed by atoms with Gasteiger partial charge in [0.2, 0.25) is 0 Å².